The van der Waals surface area contributed by atoms with Crippen molar-refractivity contribution in [2.75, 3.05) is 32.7 Å². The summed E-state index contributed by atoms with van der Waals surface area (Å²) in [5, 5.41) is 2.17. The Kier molecular flexibility index (Phi) is 4.79. The van der Waals surface area contributed by atoms with Crippen LogP contribution in [0.3, 0.4) is 0 Å². The van der Waals surface area contributed by atoms with Gasteiger partial charge in [-0.2, -0.15) is 0 Å². The van der Waals surface area contributed by atoms with Gasteiger partial charge in [0.1, 0.15) is 0 Å². The zero-order valence-electron chi connectivity index (χ0n) is 11.7. The Labute approximate surface area is 124 Å². The number of rotatable bonds is 5. The summed E-state index contributed by atoms with van der Waals surface area (Å²) in [7, 11) is 0. The van der Waals surface area contributed by atoms with E-state index in [0.717, 1.165) is 19.5 Å². The minimum absolute atomic E-state index is 1.12. The van der Waals surface area contributed by atoms with Crippen LogP contribution in [0.1, 0.15) is 10.4 Å². The Morgan fingerprint density at radius 1 is 1.00 bits per heavy atom. The minimum Gasteiger partial charge on any atom is -0.300 e. The monoisotopic (exact) mass is 287 g/mol. The van der Waals surface area contributed by atoms with Crippen molar-refractivity contribution in [3.8, 4) is 0 Å². The molecule has 0 atom stereocenters. The lowest BCUT2D eigenvalue weighted by Crippen LogP contribution is -2.46. The molecule has 4 heteroatoms. The van der Waals surface area contributed by atoms with E-state index in [0.29, 0.717) is 0 Å². The molecule has 0 radical (unpaired) electrons. The van der Waals surface area contributed by atoms with Gasteiger partial charge in [0.25, 0.3) is 0 Å². The van der Waals surface area contributed by atoms with E-state index in [1.54, 1.807) is 0 Å². The van der Waals surface area contributed by atoms with E-state index in [9.17, 15) is 0 Å². The largest absolute Gasteiger partial charge is 0.300 e. The second-order valence-corrected chi connectivity index (χ2v) is 6.33. The highest BCUT2D eigenvalue weighted by atomic mass is 32.1. The maximum Gasteiger partial charge on any atom is 0.0328 e. The number of hydrogen-bond acceptors (Lipinski definition) is 4. The highest BCUT2D eigenvalue weighted by Crippen LogP contribution is 2.13. The first-order valence-electron chi connectivity index (χ1n) is 7.26. The topological polar surface area (TPSA) is 19.4 Å². The summed E-state index contributed by atoms with van der Waals surface area (Å²) >= 11 is 1.86. The fourth-order valence-electron chi connectivity index (χ4n) is 2.63. The molecule has 1 aliphatic heterocycles. The summed E-state index contributed by atoms with van der Waals surface area (Å²) in [5.74, 6) is 0. The molecule has 0 unspecified atom stereocenters. The molecule has 20 heavy (non-hydrogen) atoms. The van der Waals surface area contributed by atoms with Gasteiger partial charge in [-0.25, -0.2) is 0 Å². The molecule has 2 aromatic rings. The van der Waals surface area contributed by atoms with E-state index in [-0.39, 0.29) is 0 Å². The van der Waals surface area contributed by atoms with E-state index >= 15 is 0 Å². The number of thiophene rings is 1. The van der Waals surface area contributed by atoms with Crippen LogP contribution in [0.4, 0.5) is 0 Å². The fourth-order valence-corrected chi connectivity index (χ4v) is 3.38. The molecule has 0 aromatic carbocycles. The van der Waals surface area contributed by atoms with Gasteiger partial charge in [0, 0.05) is 56.5 Å². The van der Waals surface area contributed by atoms with E-state index in [2.05, 4.69) is 44.4 Å². The van der Waals surface area contributed by atoms with E-state index < -0.39 is 0 Å². The number of nitrogens with zero attached hydrogens (tertiary/aromatic N) is 3. The maximum absolute atomic E-state index is 4.07. The highest BCUT2D eigenvalue weighted by molar-refractivity contribution is 7.09. The van der Waals surface area contributed by atoms with Crippen LogP contribution in [0.5, 0.6) is 0 Å². The van der Waals surface area contributed by atoms with Crippen molar-refractivity contribution in [3.63, 3.8) is 0 Å². The lowest BCUT2D eigenvalue weighted by molar-refractivity contribution is 0.129. The van der Waals surface area contributed by atoms with Gasteiger partial charge in [0.2, 0.25) is 0 Å². The van der Waals surface area contributed by atoms with Crippen molar-refractivity contribution in [1.29, 1.82) is 0 Å². The average Bonchev–Trinajstić information content (AvgIpc) is 3.01. The molecule has 3 nitrogen and oxygen atoms in total. The Morgan fingerprint density at radius 3 is 2.45 bits per heavy atom. The third kappa shape index (κ3) is 3.88. The molecular weight excluding hydrogens is 266 g/mol. The van der Waals surface area contributed by atoms with Crippen molar-refractivity contribution in [3.05, 3.63) is 52.5 Å². The molecule has 0 N–H and O–H groups in total. The van der Waals surface area contributed by atoms with Gasteiger partial charge >= 0.3 is 0 Å². The highest BCUT2D eigenvalue weighted by Gasteiger charge is 2.16. The molecule has 0 amide bonds. The van der Waals surface area contributed by atoms with Crippen LogP contribution in [0, 0.1) is 0 Å². The zero-order valence-corrected chi connectivity index (χ0v) is 12.6. The number of piperazine rings is 1. The van der Waals surface area contributed by atoms with Crippen LogP contribution in [-0.2, 0) is 13.0 Å². The number of aromatic nitrogens is 1. The molecule has 1 fully saturated rings. The van der Waals surface area contributed by atoms with Crippen LogP contribution in [0.2, 0.25) is 0 Å². The molecule has 1 aliphatic rings. The molecule has 0 saturated carbocycles. The SMILES string of the molecule is c1csc(CN2CCN(CCc3ccncc3)CC2)c1. The normalized spacial score (nSPS) is 17.4. The summed E-state index contributed by atoms with van der Waals surface area (Å²) in [6.07, 6.45) is 4.90. The first-order valence-corrected chi connectivity index (χ1v) is 8.14. The summed E-state index contributed by atoms with van der Waals surface area (Å²) in [6, 6.07) is 8.62. The molecule has 106 valence electrons. The molecule has 3 heterocycles. The van der Waals surface area contributed by atoms with Gasteiger partial charge in [-0.05, 0) is 35.6 Å². The van der Waals surface area contributed by atoms with Crippen LogP contribution in [0.25, 0.3) is 0 Å². The van der Waals surface area contributed by atoms with Gasteiger partial charge in [0.05, 0.1) is 0 Å². The molecule has 0 aliphatic carbocycles. The maximum atomic E-state index is 4.07. The fraction of sp³-hybridized carbons (Fsp3) is 0.438. The zero-order chi connectivity index (χ0) is 13.6. The average molecular weight is 287 g/mol. The second kappa shape index (κ2) is 6.97. The lowest BCUT2D eigenvalue weighted by atomic mass is 10.2. The lowest BCUT2D eigenvalue weighted by Gasteiger charge is -2.34. The van der Waals surface area contributed by atoms with Crippen molar-refractivity contribution in [2.45, 2.75) is 13.0 Å². The van der Waals surface area contributed by atoms with Gasteiger partial charge in [0.15, 0.2) is 0 Å². The number of hydrogen-bond donors (Lipinski definition) is 0. The Bertz CT molecular complexity index is 490. The Balaban J connectivity index is 1.40. The molecule has 0 bridgehead atoms. The van der Waals surface area contributed by atoms with Gasteiger partial charge < -0.3 is 4.90 Å². The summed E-state index contributed by atoms with van der Waals surface area (Å²) in [6.45, 7) is 7.04. The molecule has 1 saturated heterocycles. The predicted octanol–water partition coefficient (Wildman–Crippen LogP) is 2.50. The molecule has 2 aromatic heterocycles. The molecule has 0 spiro atoms. The Morgan fingerprint density at radius 2 is 1.75 bits per heavy atom. The number of pyridine rings is 1. The van der Waals surface area contributed by atoms with E-state index in [1.807, 2.05) is 23.7 Å². The summed E-state index contributed by atoms with van der Waals surface area (Å²) < 4.78 is 0. The van der Waals surface area contributed by atoms with E-state index in [1.165, 1.54) is 36.6 Å². The molecule has 3 rings (SSSR count). The summed E-state index contributed by atoms with van der Waals surface area (Å²) in [5.41, 5.74) is 1.39. The standard InChI is InChI=1S/C16H21N3S/c1-2-16(20-13-1)14-19-11-9-18(10-12-19)8-5-15-3-6-17-7-4-15/h1-4,6-7,13H,5,8-12,14H2. The van der Waals surface area contributed by atoms with Crippen molar-refractivity contribution in [1.82, 2.24) is 14.8 Å². The van der Waals surface area contributed by atoms with Gasteiger partial charge in [-0.1, -0.05) is 6.07 Å². The van der Waals surface area contributed by atoms with Crippen molar-refractivity contribution in [2.24, 2.45) is 0 Å². The van der Waals surface area contributed by atoms with Gasteiger partial charge in [-0.3, -0.25) is 9.88 Å². The van der Waals surface area contributed by atoms with E-state index in [4.69, 9.17) is 0 Å². The van der Waals surface area contributed by atoms with Crippen molar-refractivity contribution < 1.29 is 0 Å². The summed E-state index contributed by atoms with van der Waals surface area (Å²) in [4.78, 5) is 10.7. The van der Waals surface area contributed by atoms with Gasteiger partial charge in [-0.15, -0.1) is 11.3 Å². The first kappa shape index (κ1) is 13.7. The van der Waals surface area contributed by atoms with Crippen LogP contribution >= 0.6 is 11.3 Å². The predicted molar refractivity (Wildman–Crippen MR) is 84.0 cm³/mol. The van der Waals surface area contributed by atoms with Crippen LogP contribution in [0.15, 0.2) is 42.0 Å². The quantitative estimate of drug-likeness (QED) is 0.842. The first-order chi connectivity index (χ1) is 9.90. The Hall–Kier alpha value is -1.23. The molecular formula is C16H21N3S. The van der Waals surface area contributed by atoms with Crippen LogP contribution in [-0.4, -0.2) is 47.5 Å². The third-order valence-corrected chi connectivity index (χ3v) is 4.75. The second-order valence-electron chi connectivity index (χ2n) is 5.30. The third-order valence-electron chi connectivity index (χ3n) is 3.89. The van der Waals surface area contributed by atoms with Crippen molar-refractivity contribution >= 4 is 11.3 Å². The van der Waals surface area contributed by atoms with Crippen LogP contribution < -0.4 is 0 Å². The minimum atomic E-state index is 1.12. The smallest absolute Gasteiger partial charge is 0.0328 e.